The van der Waals surface area contributed by atoms with Gasteiger partial charge in [0.15, 0.2) is 0 Å². The Morgan fingerprint density at radius 3 is 2.50 bits per heavy atom. The SMILES string of the molecule is COc1cc(N)cc(Oc2ccccc2SC)c1. The van der Waals surface area contributed by atoms with Crippen molar-refractivity contribution in [2.24, 2.45) is 0 Å². The number of ether oxygens (including phenoxy) is 2. The quantitative estimate of drug-likeness (QED) is 0.671. The molecule has 0 spiro atoms. The maximum atomic E-state index is 5.84. The minimum absolute atomic E-state index is 0.617. The van der Waals surface area contributed by atoms with Gasteiger partial charge in [-0.2, -0.15) is 0 Å². The van der Waals surface area contributed by atoms with Gasteiger partial charge in [0.25, 0.3) is 0 Å². The molecule has 2 rings (SSSR count). The fourth-order valence-electron chi connectivity index (χ4n) is 1.60. The normalized spacial score (nSPS) is 10.1. The van der Waals surface area contributed by atoms with Gasteiger partial charge in [0.2, 0.25) is 0 Å². The van der Waals surface area contributed by atoms with Crippen molar-refractivity contribution >= 4 is 17.4 Å². The molecule has 0 saturated carbocycles. The first-order valence-corrected chi connectivity index (χ1v) is 6.71. The first kappa shape index (κ1) is 12.6. The number of para-hydroxylation sites is 1. The van der Waals surface area contributed by atoms with Crippen LogP contribution in [0.5, 0.6) is 17.2 Å². The third-order valence-electron chi connectivity index (χ3n) is 2.43. The summed E-state index contributed by atoms with van der Waals surface area (Å²) in [5.74, 6) is 2.18. The van der Waals surface area contributed by atoms with Crippen LogP contribution in [0.4, 0.5) is 5.69 Å². The molecule has 2 aromatic carbocycles. The van der Waals surface area contributed by atoms with Gasteiger partial charge in [-0.1, -0.05) is 12.1 Å². The van der Waals surface area contributed by atoms with Crippen LogP contribution < -0.4 is 15.2 Å². The molecule has 0 aliphatic carbocycles. The summed E-state index contributed by atoms with van der Waals surface area (Å²) < 4.78 is 11.0. The van der Waals surface area contributed by atoms with Crippen molar-refractivity contribution in [3.8, 4) is 17.2 Å². The van der Waals surface area contributed by atoms with E-state index in [-0.39, 0.29) is 0 Å². The minimum atomic E-state index is 0.617. The van der Waals surface area contributed by atoms with Gasteiger partial charge in [-0.15, -0.1) is 11.8 Å². The van der Waals surface area contributed by atoms with E-state index in [2.05, 4.69) is 0 Å². The van der Waals surface area contributed by atoms with Gasteiger partial charge in [-0.25, -0.2) is 0 Å². The Kier molecular flexibility index (Phi) is 3.99. The van der Waals surface area contributed by atoms with Crippen LogP contribution in [0.3, 0.4) is 0 Å². The van der Waals surface area contributed by atoms with Crippen LogP contribution in [0, 0.1) is 0 Å². The Morgan fingerprint density at radius 2 is 1.78 bits per heavy atom. The summed E-state index contributed by atoms with van der Waals surface area (Å²) in [6, 6.07) is 13.2. The molecule has 94 valence electrons. The number of nitrogen functional groups attached to an aromatic ring is 1. The molecular formula is C14H15NO2S. The smallest absolute Gasteiger partial charge is 0.140 e. The lowest BCUT2D eigenvalue weighted by atomic mass is 10.3. The lowest BCUT2D eigenvalue weighted by Gasteiger charge is -2.11. The summed E-state index contributed by atoms with van der Waals surface area (Å²) >= 11 is 1.64. The number of benzene rings is 2. The monoisotopic (exact) mass is 261 g/mol. The summed E-state index contributed by atoms with van der Waals surface area (Å²) in [4.78, 5) is 1.08. The van der Waals surface area contributed by atoms with Crippen LogP contribution in [0.1, 0.15) is 0 Å². The number of rotatable bonds is 4. The molecule has 0 unspecified atom stereocenters. The van der Waals surface area contributed by atoms with E-state index in [1.165, 1.54) is 0 Å². The summed E-state index contributed by atoms with van der Waals surface area (Å²) in [5.41, 5.74) is 6.41. The predicted octanol–water partition coefficient (Wildman–Crippen LogP) is 3.79. The Morgan fingerprint density at radius 1 is 1.06 bits per heavy atom. The first-order valence-electron chi connectivity index (χ1n) is 5.48. The average molecular weight is 261 g/mol. The molecule has 0 bridgehead atoms. The summed E-state index contributed by atoms with van der Waals surface area (Å²) in [6.45, 7) is 0. The third-order valence-corrected chi connectivity index (χ3v) is 3.21. The molecule has 0 aliphatic rings. The van der Waals surface area contributed by atoms with E-state index in [4.69, 9.17) is 15.2 Å². The molecule has 2 N–H and O–H groups in total. The zero-order valence-corrected chi connectivity index (χ0v) is 11.2. The van der Waals surface area contributed by atoms with Crippen LogP contribution in [-0.4, -0.2) is 13.4 Å². The van der Waals surface area contributed by atoms with Crippen molar-refractivity contribution in [2.45, 2.75) is 4.90 Å². The number of nitrogens with two attached hydrogens (primary N) is 1. The fourth-order valence-corrected chi connectivity index (χ4v) is 2.13. The van der Waals surface area contributed by atoms with Gasteiger partial charge >= 0.3 is 0 Å². The van der Waals surface area contributed by atoms with Gasteiger partial charge in [0, 0.05) is 28.8 Å². The van der Waals surface area contributed by atoms with Gasteiger partial charge in [-0.3, -0.25) is 0 Å². The van der Waals surface area contributed by atoms with Crippen LogP contribution in [0.25, 0.3) is 0 Å². The highest BCUT2D eigenvalue weighted by Gasteiger charge is 2.05. The van der Waals surface area contributed by atoms with Gasteiger partial charge in [0.05, 0.1) is 7.11 Å². The van der Waals surface area contributed by atoms with Crippen molar-refractivity contribution in [1.29, 1.82) is 0 Å². The summed E-state index contributed by atoms with van der Waals surface area (Å²) in [5, 5.41) is 0. The Balaban J connectivity index is 2.30. The Hall–Kier alpha value is -1.81. The minimum Gasteiger partial charge on any atom is -0.497 e. The second kappa shape index (κ2) is 5.69. The molecule has 0 aromatic heterocycles. The van der Waals surface area contributed by atoms with Crippen molar-refractivity contribution in [3.63, 3.8) is 0 Å². The molecular weight excluding hydrogens is 246 g/mol. The highest BCUT2D eigenvalue weighted by atomic mass is 32.2. The molecule has 0 aliphatic heterocycles. The molecule has 0 saturated heterocycles. The molecule has 4 heteroatoms. The average Bonchev–Trinajstić information content (AvgIpc) is 2.38. The Labute approximate surface area is 111 Å². The van der Waals surface area contributed by atoms with Gasteiger partial charge in [0.1, 0.15) is 17.2 Å². The standard InChI is InChI=1S/C14H15NO2S/c1-16-11-7-10(15)8-12(9-11)17-13-5-3-4-6-14(13)18-2/h3-9H,15H2,1-2H3. The van der Waals surface area contributed by atoms with Crippen molar-refractivity contribution in [1.82, 2.24) is 0 Å². The number of methoxy groups -OCH3 is 1. The van der Waals surface area contributed by atoms with E-state index in [1.54, 1.807) is 31.0 Å². The highest BCUT2D eigenvalue weighted by Crippen LogP contribution is 2.33. The molecule has 0 radical (unpaired) electrons. The molecule has 0 heterocycles. The van der Waals surface area contributed by atoms with E-state index < -0.39 is 0 Å². The highest BCUT2D eigenvalue weighted by molar-refractivity contribution is 7.98. The van der Waals surface area contributed by atoms with Crippen molar-refractivity contribution in [2.75, 3.05) is 19.1 Å². The lowest BCUT2D eigenvalue weighted by Crippen LogP contribution is -1.92. The summed E-state index contributed by atoms with van der Waals surface area (Å²) in [7, 11) is 1.61. The summed E-state index contributed by atoms with van der Waals surface area (Å²) in [6.07, 6.45) is 2.02. The number of hydrogen-bond donors (Lipinski definition) is 1. The first-order chi connectivity index (χ1) is 8.72. The van der Waals surface area contributed by atoms with Crippen LogP contribution in [-0.2, 0) is 0 Å². The fraction of sp³-hybridized carbons (Fsp3) is 0.143. The lowest BCUT2D eigenvalue weighted by molar-refractivity contribution is 0.408. The molecule has 3 nitrogen and oxygen atoms in total. The van der Waals surface area contributed by atoms with Crippen LogP contribution in [0.2, 0.25) is 0 Å². The third kappa shape index (κ3) is 2.90. The van der Waals surface area contributed by atoms with E-state index in [0.717, 1.165) is 10.6 Å². The van der Waals surface area contributed by atoms with E-state index in [9.17, 15) is 0 Å². The zero-order chi connectivity index (χ0) is 13.0. The van der Waals surface area contributed by atoms with E-state index in [1.807, 2.05) is 36.6 Å². The predicted molar refractivity (Wildman–Crippen MR) is 75.7 cm³/mol. The molecule has 18 heavy (non-hydrogen) atoms. The van der Waals surface area contributed by atoms with E-state index in [0.29, 0.717) is 17.2 Å². The second-order valence-corrected chi connectivity index (χ2v) is 4.54. The zero-order valence-electron chi connectivity index (χ0n) is 10.3. The second-order valence-electron chi connectivity index (χ2n) is 3.69. The van der Waals surface area contributed by atoms with Gasteiger partial charge in [-0.05, 0) is 18.4 Å². The molecule has 0 amide bonds. The van der Waals surface area contributed by atoms with E-state index >= 15 is 0 Å². The molecule has 2 aromatic rings. The largest absolute Gasteiger partial charge is 0.497 e. The topological polar surface area (TPSA) is 44.5 Å². The molecule has 0 atom stereocenters. The Bertz CT molecular complexity index is 543. The molecule has 0 fully saturated rings. The number of anilines is 1. The maximum Gasteiger partial charge on any atom is 0.140 e. The van der Waals surface area contributed by atoms with Crippen molar-refractivity contribution in [3.05, 3.63) is 42.5 Å². The number of hydrogen-bond acceptors (Lipinski definition) is 4. The number of thioether (sulfide) groups is 1. The van der Waals surface area contributed by atoms with Crippen LogP contribution >= 0.6 is 11.8 Å². The maximum absolute atomic E-state index is 5.84. The van der Waals surface area contributed by atoms with Crippen LogP contribution in [0.15, 0.2) is 47.4 Å². The van der Waals surface area contributed by atoms with Crippen molar-refractivity contribution < 1.29 is 9.47 Å². The van der Waals surface area contributed by atoms with Gasteiger partial charge < -0.3 is 15.2 Å².